The molecule has 0 aliphatic carbocycles. The molecule has 2 heterocycles. The van der Waals surface area contributed by atoms with Gasteiger partial charge in [-0.25, -0.2) is 4.39 Å². The van der Waals surface area contributed by atoms with E-state index in [4.69, 9.17) is 4.98 Å². The van der Waals surface area contributed by atoms with Crippen molar-refractivity contribution in [2.45, 2.75) is 81.1 Å². The molecule has 4 rings (SSSR count). The Morgan fingerprint density at radius 2 is 1.75 bits per heavy atom. The van der Waals surface area contributed by atoms with Crippen molar-refractivity contribution in [2.75, 3.05) is 13.1 Å². The van der Waals surface area contributed by atoms with Crippen LogP contribution in [-0.2, 0) is 6.42 Å². The summed E-state index contributed by atoms with van der Waals surface area (Å²) in [6.45, 7) is 19.1. The second-order valence-corrected chi connectivity index (χ2v) is 10.6. The number of benzene rings is 2. The predicted molar refractivity (Wildman–Crippen MR) is 174 cm³/mol. The molecule has 2 aromatic carbocycles. The zero-order valence-electron chi connectivity index (χ0n) is 25.9. The Morgan fingerprint density at radius 1 is 1.00 bits per heavy atom. The van der Waals surface area contributed by atoms with Crippen LogP contribution in [0.15, 0.2) is 78.2 Å². The summed E-state index contributed by atoms with van der Waals surface area (Å²) in [7, 11) is 0. The number of halogens is 1. The lowest BCUT2D eigenvalue weighted by molar-refractivity contribution is 0.358. The molecule has 0 spiro atoms. The second kappa shape index (κ2) is 14.8. The molecule has 0 radical (unpaired) electrons. The molecule has 1 aliphatic heterocycles. The quantitative estimate of drug-likeness (QED) is 0.209. The van der Waals surface area contributed by atoms with E-state index in [9.17, 15) is 4.39 Å². The third-order valence-electron chi connectivity index (χ3n) is 7.34. The van der Waals surface area contributed by atoms with E-state index in [1.165, 1.54) is 23.3 Å². The Labute approximate surface area is 242 Å². The van der Waals surface area contributed by atoms with E-state index < -0.39 is 0 Å². The summed E-state index contributed by atoms with van der Waals surface area (Å²) in [5.74, 6) is -0.184. The van der Waals surface area contributed by atoms with E-state index in [0.717, 1.165) is 71.1 Å². The molecule has 0 N–H and O–H groups in total. The molecule has 0 unspecified atom stereocenters. The molecule has 2 nitrogen and oxygen atoms in total. The number of nitrogens with zero attached hydrogens (tertiary/aromatic N) is 2. The fourth-order valence-electron chi connectivity index (χ4n) is 5.28. The number of aryl methyl sites for hydroxylation is 1. The van der Waals surface area contributed by atoms with Crippen LogP contribution >= 0.6 is 0 Å². The Hall–Kier alpha value is -3.46. The molecular formula is C37H47FN2. The number of hydrogen-bond donors (Lipinski definition) is 0. The molecule has 0 atom stereocenters. The summed E-state index contributed by atoms with van der Waals surface area (Å²) >= 11 is 0. The molecular weight excluding hydrogens is 491 g/mol. The number of fused-ring (bicyclic) bond motifs is 1. The predicted octanol–water partition coefficient (Wildman–Crippen LogP) is 10.7. The fraction of sp³-hybridized carbons (Fsp3) is 0.378. The smallest absolute Gasteiger partial charge is 0.130 e. The minimum absolute atomic E-state index is 0.184. The minimum atomic E-state index is -0.184. The first-order chi connectivity index (χ1) is 19.3. The van der Waals surface area contributed by atoms with Gasteiger partial charge in [0.1, 0.15) is 5.82 Å². The number of rotatable bonds is 8. The van der Waals surface area contributed by atoms with Crippen molar-refractivity contribution in [2.24, 2.45) is 0 Å². The van der Waals surface area contributed by atoms with Crippen molar-refractivity contribution in [1.29, 1.82) is 0 Å². The largest absolute Gasteiger partial charge is 0.371 e. The topological polar surface area (TPSA) is 16.1 Å². The van der Waals surface area contributed by atoms with E-state index >= 15 is 0 Å². The van der Waals surface area contributed by atoms with Crippen LogP contribution in [0, 0.1) is 5.82 Å². The third-order valence-corrected chi connectivity index (χ3v) is 7.34. The van der Waals surface area contributed by atoms with Crippen LogP contribution in [0.5, 0.6) is 0 Å². The molecule has 0 amide bonds. The van der Waals surface area contributed by atoms with Gasteiger partial charge in [-0.05, 0) is 110 Å². The van der Waals surface area contributed by atoms with Gasteiger partial charge in [-0.3, -0.25) is 4.98 Å². The molecule has 212 valence electrons. The van der Waals surface area contributed by atoms with E-state index in [1.54, 1.807) is 6.07 Å². The van der Waals surface area contributed by atoms with Crippen LogP contribution in [0.2, 0.25) is 0 Å². The summed E-state index contributed by atoms with van der Waals surface area (Å²) in [5.41, 5.74) is 11.0. The van der Waals surface area contributed by atoms with Crippen molar-refractivity contribution in [3.05, 3.63) is 106 Å². The van der Waals surface area contributed by atoms with Gasteiger partial charge in [-0.1, -0.05) is 65.3 Å². The van der Waals surface area contributed by atoms with Crippen LogP contribution in [-0.4, -0.2) is 23.0 Å². The zero-order valence-corrected chi connectivity index (χ0v) is 25.9. The first-order valence-corrected chi connectivity index (χ1v) is 15.0. The number of pyridine rings is 1. The Balaban J connectivity index is 0.00000141. The van der Waals surface area contributed by atoms with Gasteiger partial charge in [0.15, 0.2) is 0 Å². The first kappa shape index (κ1) is 31.1. The molecule has 1 aromatic heterocycles. The van der Waals surface area contributed by atoms with Crippen LogP contribution in [0.4, 0.5) is 4.39 Å². The molecule has 40 heavy (non-hydrogen) atoms. The molecule has 3 aromatic rings. The van der Waals surface area contributed by atoms with Crippen molar-refractivity contribution in [1.82, 2.24) is 9.88 Å². The average molecular weight is 539 g/mol. The maximum atomic E-state index is 14.9. The molecule has 0 saturated heterocycles. The van der Waals surface area contributed by atoms with Gasteiger partial charge in [0, 0.05) is 41.5 Å². The standard InChI is InChI=1S/C34H39FN2.C3H8/c1-7-11-30(24(6)32-17-25(9-3)12-14-33(32)35)26-13-15-34-27(18-26)19-28(21-36-34)31-20-29(10-4)37(16-8-2)22-23(31)5;1-3-2/h7,11-15,17-21H,8-10,16,22H2,1-6H3;3H2,1-2H3/b11-7-,30-24-;. The molecule has 0 bridgehead atoms. The number of aromatic nitrogens is 1. The number of hydrogen-bond acceptors (Lipinski definition) is 2. The van der Waals surface area contributed by atoms with Crippen LogP contribution in [0.3, 0.4) is 0 Å². The van der Waals surface area contributed by atoms with Crippen molar-refractivity contribution < 1.29 is 4.39 Å². The highest BCUT2D eigenvalue weighted by Gasteiger charge is 2.18. The normalized spacial score (nSPS) is 14.3. The molecule has 1 aliphatic rings. The van der Waals surface area contributed by atoms with Gasteiger partial charge in [0.2, 0.25) is 0 Å². The SMILES string of the molecule is C/C=C\C(=C(/C)c1cc(CC)ccc1F)c1ccc2ncc(C3=C(C)CN(CCC)C(CC)=C3)cc2c1.CCC. The molecule has 3 heteroatoms. The van der Waals surface area contributed by atoms with Gasteiger partial charge in [-0.2, -0.15) is 0 Å². The maximum Gasteiger partial charge on any atom is 0.130 e. The average Bonchev–Trinajstić information content (AvgIpc) is 2.96. The van der Waals surface area contributed by atoms with Crippen LogP contribution in [0.25, 0.3) is 27.6 Å². The van der Waals surface area contributed by atoms with E-state index in [2.05, 4.69) is 82.9 Å². The lowest BCUT2D eigenvalue weighted by Crippen LogP contribution is -2.28. The first-order valence-electron chi connectivity index (χ1n) is 15.0. The van der Waals surface area contributed by atoms with Gasteiger partial charge < -0.3 is 4.90 Å². The summed E-state index contributed by atoms with van der Waals surface area (Å²) in [6.07, 6.45) is 12.7. The summed E-state index contributed by atoms with van der Waals surface area (Å²) in [6, 6.07) is 14.0. The highest BCUT2D eigenvalue weighted by molar-refractivity contribution is 5.97. The Kier molecular flexibility index (Phi) is 11.5. The number of allylic oxidation sites excluding steroid dienone is 7. The maximum absolute atomic E-state index is 14.9. The van der Waals surface area contributed by atoms with Crippen molar-refractivity contribution in [3.8, 4) is 0 Å². The van der Waals surface area contributed by atoms with Crippen molar-refractivity contribution >= 4 is 27.6 Å². The summed E-state index contributed by atoms with van der Waals surface area (Å²) < 4.78 is 14.9. The lowest BCUT2D eigenvalue weighted by atomic mass is 9.92. The van der Waals surface area contributed by atoms with E-state index in [-0.39, 0.29) is 5.82 Å². The zero-order chi connectivity index (χ0) is 29.2. The lowest BCUT2D eigenvalue weighted by Gasteiger charge is -2.32. The highest BCUT2D eigenvalue weighted by Crippen LogP contribution is 2.34. The van der Waals surface area contributed by atoms with Gasteiger partial charge >= 0.3 is 0 Å². The molecule has 0 saturated carbocycles. The van der Waals surface area contributed by atoms with Gasteiger partial charge in [-0.15, -0.1) is 0 Å². The van der Waals surface area contributed by atoms with Gasteiger partial charge in [0.25, 0.3) is 0 Å². The Bertz CT molecular complexity index is 1440. The third kappa shape index (κ3) is 7.18. The Morgan fingerprint density at radius 3 is 2.40 bits per heavy atom. The van der Waals surface area contributed by atoms with Crippen molar-refractivity contribution in [3.63, 3.8) is 0 Å². The van der Waals surface area contributed by atoms with Gasteiger partial charge in [0.05, 0.1) is 5.52 Å². The fourth-order valence-corrected chi connectivity index (χ4v) is 5.28. The highest BCUT2D eigenvalue weighted by atomic mass is 19.1. The second-order valence-electron chi connectivity index (χ2n) is 10.6. The molecule has 0 fully saturated rings. The van der Waals surface area contributed by atoms with E-state index in [1.807, 2.05) is 38.3 Å². The van der Waals surface area contributed by atoms with E-state index in [0.29, 0.717) is 5.56 Å². The summed E-state index contributed by atoms with van der Waals surface area (Å²) in [5, 5.41) is 1.09. The minimum Gasteiger partial charge on any atom is -0.371 e. The van der Waals surface area contributed by atoms with Crippen LogP contribution in [0.1, 0.15) is 96.9 Å². The summed E-state index contributed by atoms with van der Waals surface area (Å²) in [4.78, 5) is 7.31. The monoisotopic (exact) mass is 538 g/mol. The van der Waals surface area contributed by atoms with Crippen LogP contribution < -0.4 is 0 Å².